The summed E-state index contributed by atoms with van der Waals surface area (Å²) in [5.41, 5.74) is 1.10. The van der Waals surface area contributed by atoms with Gasteiger partial charge in [0, 0.05) is 12.7 Å². The number of para-hydroxylation sites is 1. The van der Waals surface area contributed by atoms with Gasteiger partial charge in [-0.15, -0.1) is 6.58 Å². The molecule has 0 saturated heterocycles. The van der Waals surface area contributed by atoms with Crippen molar-refractivity contribution in [2.75, 3.05) is 11.9 Å². The lowest BCUT2D eigenvalue weighted by Gasteiger charge is -2.23. The Balaban J connectivity index is 2.64. The van der Waals surface area contributed by atoms with Crippen LogP contribution in [0, 0.1) is 11.3 Å². The lowest BCUT2D eigenvalue weighted by molar-refractivity contribution is -0.122. The monoisotopic (exact) mass is 226 g/mol. The summed E-state index contributed by atoms with van der Waals surface area (Å²) < 4.78 is 0. The van der Waals surface area contributed by atoms with E-state index in [0.717, 1.165) is 11.3 Å². The van der Waals surface area contributed by atoms with Crippen molar-refractivity contribution in [1.29, 1.82) is 5.26 Å². The zero-order chi connectivity index (χ0) is 12.5. The molecule has 0 saturated carbocycles. The van der Waals surface area contributed by atoms with Crippen molar-refractivity contribution in [3.63, 3.8) is 0 Å². The van der Waals surface area contributed by atoms with Crippen LogP contribution >= 0.6 is 0 Å². The minimum atomic E-state index is -0.734. The Labute approximate surface area is 101 Å². The van der Waals surface area contributed by atoms with E-state index in [4.69, 9.17) is 5.26 Å². The first-order chi connectivity index (χ1) is 8.17. The first-order valence-corrected chi connectivity index (χ1v) is 5.53. The maximum Gasteiger partial charge on any atom is 0.238 e. The molecule has 1 aromatic carbocycles. The maximum atomic E-state index is 12.4. The molecule has 86 valence electrons. The van der Waals surface area contributed by atoms with Gasteiger partial charge in [0.25, 0.3) is 0 Å². The lowest BCUT2D eigenvalue weighted by Crippen LogP contribution is -2.38. The van der Waals surface area contributed by atoms with Crippen LogP contribution in [0.4, 0.5) is 5.69 Å². The highest BCUT2D eigenvalue weighted by Gasteiger charge is 2.48. The van der Waals surface area contributed by atoms with E-state index in [-0.39, 0.29) is 12.3 Å². The van der Waals surface area contributed by atoms with Crippen LogP contribution in [0.2, 0.25) is 0 Å². The Morgan fingerprint density at radius 2 is 2.24 bits per heavy atom. The second kappa shape index (κ2) is 4.06. The molecule has 0 N–H and O–H groups in total. The number of allylic oxidation sites excluding steroid dienone is 1. The molecule has 0 aromatic heterocycles. The largest absolute Gasteiger partial charge is 0.314 e. The van der Waals surface area contributed by atoms with Crippen molar-refractivity contribution < 1.29 is 4.79 Å². The van der Waals surface area contributed by atoms with Crippen molar-refractivity contribution in [2.45, 2.75) is 18.3 Å². The molecule has 3 nitrogen and oxygen atoms in total. The van der Waals surface area contributed by atoms with E-state index in [1.807, 2.05) is 24.3 Å². The van der Waals surface area contributed by atoms with E-state index < -0.39 is 5.41 Å². The number of nitriles is 1. The molecular weight excluding hydrogens is 212 g/mol. The van der Waals surface area contributed by atoms with Crippen LogP contribution in [-0.2, 0) is 10.2 Å². The van der Waals surface area contributed by atoms with Crippen molar-refractivity contribution in [2.24, 2.45) is 0 Å². The van der Waals surface area contributed by atoms with Gasteiger partial charge in [0.1, 0.15) is 0 Å². The van der Waals surface area contributed by atoms with Gasteiger partial charge in [-0.3, -0.25) is 4.79 Å². The highest BCUT2D eigenvalue weighted by molar-refractivity contribution is 6.08. The summed E-state index contributed by atoms with van der Waals surface area (Å²) in [6.45, 7) is 3.70. The van der Waals surface area contributed by atoms with E-state index in [1.165, 1.54) is 0 Å². The molecule has 2 rings (SSSR count). The number of anilines is 1. The first-order valence-electron chi connectivity index (χ1n) is 5.53. The molecule has 1 aliphatic heterocycles. The Hall–Kier alpha value is -2.08. The molecule has 1 atom stereocenters. The maximum absolute atomic E-state index is 12.4. The molecule has 1 amide bonds. The van der Waals surface area contributed by atoms with Crippen LogP contribution in [0.5, 0.6) is 0 Å². The highest BCUT2D eigenvalue weighted by atomic mass is 16.2. The molecule has 1 aromatic rings. The minimum absolute atomic E-state index is 0.0137. The predicted molar refractivity (Wildman–Crippen MR) is 66.6 cm³/mol. The second-order valence-corrected chi connectivity index (χ2v) is 4.29. The normalized spacial score (nSPS) is 22.1. The van der Waals surface area contributed by atoms with Gasteiger partial charge in [-0.25, -0.2) is 0 Å². The summed E-state index contributed by atoms with van der Waals surface area (Å²) >= 11 is 0. The molecule has 0 unspecified atom stereocenters. The topological polar surface area (TPSA) is 44.1 Å². The highest BCUT2D eigenvalue weighted by Crippen LogP contribution is 2.45. The lowest BCUT2D eigenvalue weighted by atomic mass is 9.76. The van der Waals surface area contributed by atoms with E-state index in [1.54, 1.807) is 18.0 Å². The molecule has 0 radical (unpaired) electrons. The van der Waals surface area contributed by atoms with Gasteiger partial charge >= 0.3 is 0 Å². The van der Waals surface area contributed by atoms with Gasteiger partial charge in [0.15, 0.2) is 0 Å². The van der Waals surface area contributed by atoms with E-state index in [2.05, 4.69) is 12.6 Å². The minimum Gasteiger partial charge on any atom is -0.314 e. The van der Waals surface area contributed by atoms with Crippen LogP contribution in [0.1, 0.15) is 18.4 Å². The Morgan fingerprint density at radius 1 is 1.53 bits per heavy atom. The Bertz CT molecular complexity index is 515. The third kappa shape index (κ3) is 1.45. The summed E-state index contributed by atoms with van der Waals surface area (Å²) in [5.74, 6) is -0.0137. The number of amides is 1. The molecule has 1 aliphatic rings. The summed E-state index contributed by atoms with van der Waals surface area (Å²) in [7, 11) is 1.75. The fourth-order valence-electron chi connectivity index (χ4n) is 2.54. The zero-order valence-electron chi connectivity index (χ0n) is 9.81. The fraction of sp³-hybridized carbons (Fsp3) is 0.286. The number of carbonyl (C=O) groups is 1. The van der Waals surface area contributed by atoms with Crippen LogP contribution in [0.15, 0.2) is 36.9 Å². The smallest absolute Gasteiger partial charge is 0.238 e. The van der Waals surface area contributed by atoms with Gasteiger partial charge in [0.05, 0.1) is 17.9 Å². The summed E-state index contributed by atoms with van der Waals surface area (Å²) in [5, 5.41) is 8.99. The molecule has 0 spiro atoms. The number of rotatable bonds is 3. The predicted octanol–water partition coefficient (Wildman–Crippen LogP) is 2.39. The summed E-state index contributed by atoms with van der Waals surface area (Å²) in [6, 6.07) is 9.78. The third-order valence-corrected chi connectivity index (χ3v) is 3.37. The van der Waals surface area contributed by atoms with Gasteiger partial charge in [-0.1, -0.05) is 24.3 Å². The van der Waals surface area contributed by atoms with E-state index >= 15 is 0 Å². The van der Waals surface area contributed by atoms with Gasteiger partial charge in [0.2, 0.25) is 5.91 Å². The molecule has 1 heterocycles. The number of fused-ring (bicyclic) bond motifs is 1. The standard InChI is InChI=1S/C14H14N2O/c1-3-8-14(9-10-15)11-6-4-5-7-12(11)16(2)13(14)17/h3-7H,1,8-9H2,2H3/t14-/m1/s1. The summed E-state index contributed by atoms with van der Waals surface area (Å²) in [6.07, 6.45) is 2.41. The SMILES string of the molecule is C=CC[C@]1(CC#N)C(=O)N(C)c2ccccc21. The van der Waals surface area contributed by atoms with Crippen LogP contribution in [0.25, 0.3) is 0 Å². The number of likely N-dealkylation sites (N-methyl/N-ethyl adjacent to an activating group) is 1. The second-order valence-electron chi connectivity index (χ2n) is 4.29. The number of benzene rings is 1. The molecule has 0 fully saturated rings. The van der Waals surface area contributed by atoms with E-state index in [0.29, 0.717) is 6.42 Å². The van der Waals surface area contributed by atoms with Gasteiger partial charge < -0.3 is 4.90 Å². The molecule has 17 heavy (non-hydrogen) atoms. The molecule has 0 bridgehead atoms. The average Bonchev–Trinajstić information content (AvgIpc) is 2.55. The Morgan fingerprint density at radius 3 is 2.88 bits per heavy atom. The number of nitrogens with zero attached hydrogens (tertiary/aromatic N) is 2. The van der Waals surface area contributed by atoms with Gasteiger partial charge in [-0.05, 0) is 18.1 Å². The van der Waals surface area contributed by atoms with E-state index in [9.17, 15) is 4.79 Å². The number of hydrogen-bond acceptors (Lipinski definition) is 2. The third-order valence-electron chi connectivity index (χ3n) is 3.37. The average molecular weight is 226 g/mol. The molecular formula is C14H14N2O. The summed E-state index contributed by atoms with van der Waals surface area (Å²) in [4.78, 5) is 14.0. The first kappa shape index (κ1) is 11.4. The van der Waals surface area contributed by atoms with Crippen LogP contribution < -0.4 is 4.90 Å². The van der Waals surface area contributed by atoms with Crippen molar-refractivity contribution in [1.82, 2.24) is 0 Å². The molecule has 3 heteroatoms. The van der Waals surface area contributed by atoms with Crippen molar-refractivity contribution in [3.05, 3.63) is 42.5 Å². The number of hydrogen-bond donors (Lipinski definition) is 0. The Kier molecular flexibility index (Phi) is 2.72. The quantitative estimate of drug-likeness (QED) is 0.743. The van der Waals surface area contributed by atoms with Crippen molar-refractivity contribution >= 4 is 11.6 Å². The zero-order valence-corrected chi connectivity index (χ0v) is 9.81. The van der Waals surface area contributed by atoms with Crippen LogP contribution in [0.3, 0.4) is 0 Å². The number of carbonyl (C=O) groups excluding carboxylic acids is 1. The van der Waals surface area contributed by atoms with Crippen molar-refractivity contribution in [3.8, 4) is 6.07 Å². The molecule has 0 aliphatic carbocycles. The van der Waals surface area contributed by atoms with Crippen LogP contribution in [-0.4, -0.2) is 13.0 Å². The fourth-order valence-corrected chi connectivity index (χ4v) is 2.54. The van der Waals surface area contributed by atoms with Gasteiger partial charge in [-0.2, -0.15) is 5.26 Å².